The molecule has 0 aliphatic heterocycles. The van der Waals surface area contributed by atoms with Crippen LogP contribution in [0.25, 0.3) is 10.8 Å². The normalized spacial score (nSPS) is 10.8. The van der Waals surface area contributed by atoms with Crippen molar-refractivity contribution in [3.63, 3.8) is 0 Å². The van der Waals surface area contributed by atoms with E-state index in [2.05, 4.69) is 16.4 Å². The molecule has 1 heterocycles. The van der Waals surface area contributed by atoms with E-state index in [1.807, 2.05) is 49.5 Å². The summed E-state index contributed by atoms with van der Waals surface area (Å²) in [5, 5.41) is 5.87. The number of rotatable bonds is 4. The van der Waals surface area contributed by atoms with Crippen LogP contribution < -0.4 is 10.1 Å². The molecule has 0 unspecified atom stereocenters. The van der Waals surface area contributed by atoms with E-state index in [1.54, 1.807) is 6.20 Å². The highest BCUT2D eigenvalue weighted by Gasteiger charge is 2.06. The maximum Gasteiger partial charge on any atom is 0.238 e. The van der Waals surface area contributed by atoms with Gasteiger partial charge in [0, 0.05) is 12.7 Å². The van der Waals surface area contributed by atoms with Crippen molar-refractivity contribution in [2.45, 2.75) is 6.54 Å². The zero-order valence-corrected chi connectivity index (χ0v) is 12.4. The van der Waals surface area contributed by atoms with Crippen molar-refractivity contribution in [2.24, 2.45) is 0 Å². The first-order chi connectivity index (χ1) is 10.3. The Morgan fingerprint density at radius 1 is 1.10 bits per heavy atom. The van der Waals surface area contributed by atoms with Gasteiger partial charge >= 0.3 is 0 Å². The SMILES string of the molecule is CNCc1cnc(Oc2ccc3ccccc3c2)c(Cl)c1. The topological polar surface area (TPSA) is 34.2 Å². The van der Waals surface area contributed by atoms with Gasteiger partial charge in [-0.2, -0.15) is 0 Å². The van der Waals surface area contributed by atoms with Gasteiger partial charge in [-0.25, -0.2) is 4.98 Å². The molecule has 3 nitrogen and oxygen atoms in total. The molecule has 106 valence electrons. The van der Waals surface area contributed by atoms with Crippen molar-refractivity contribution < 1.29 is 4.74 Å². The van der Waals surface area contributed by atoms with Crippen LogP contribution in [-0.4, -0.2) is 12.0 Å². The van der Waals surface area contributed by atoms with Crippen LogP contribution in [0.1, 0.15) is 5.56 Å². The Hall–Kier alpha value is -2.10. The van der Waals surface area contributed by atoms with Gasteiger partial charge in [-0.05, 0) is 41.6 Å². The van der Waals surface area contributed by atoms with Crippen LogP contribution in [0.2, 0.25) is 5.02 Å². The second-order valence-electron chi connectivity index (χ2n) is 4.77. The summed E-state index contributed by atoms with van der Waals surface area (Å²) in [5.74, 6) is 1.15. The van der Waals surface area contributed by atoms with E-state index in [-0.39, 0.29) is 0 Å². The molecule has 2 aromatic carbocycles. The summed E-state index contributed by atoms with van der Waals surface area (Å²) >= 11 is 6.22. The van der Waals surface area contributed by atoms with E-state index >= 15 is 0 Å². The molecule has 0 saturated carbocycles. The third-order valence-electron chi connectivity index (χ3n) is 3.18. The van der Waals surface area contributed by atoms with Crippen LogP contribution in [0, 0.1) is 0 Å². The number of hydrogen-bond donors (Lipinski definition) is 1. The van der Waals surface area contributed by atoms with Gasteiger partial charge in [-0.1, -0.05) is 41.9 Å². The summed E-state index contributed by atoms with van der Waals surface area (Å²) in [6.07, 6.45) is 1.76. The molecule has 0 radical (unpaired) electrons. The van der Waals surface area contributed by atoms with Gasteiger partial charge in [0.25, 0.3) is 0 Å². The van der Waals surface area contributed by atoms with E-state index in [0.717, 1.165) is 23.2 Å². The average Bonchev–Trinajstić information content (AvgIpc) is 2.50. The average molecular weight is 299 g/mol. The number of benzene rings is 2. The highest BCUT2D eigenvalue weighted by molar-refractivity contribution is 6.31. The smallest absolute Gasteiger partial charge is 0.238 e. The molecule has 3 rings (SSSR count). The molecule has 0 fully saturated rings. The minimum Gasteiger partial charge on any atom is -0.438 e. The van der Waals surface area contributed by atoms with Crippen molar-refractivity contribution in [3.05, 3.63) is 65.3 Å². The van der Waals surface area contributed by atoms with Gasteiger partial charge in [0.15, 0.2) is 0 Å². The molecular formula is C17H15ClN2O. The fraction of sp³-hybridized carbons (Fsp3) is 0.118. The third kappa shape index (κ3) is 3.15. The lowest BCUT2D eigenvalue weighted by atomic mass is 10.1. The largest absolute Gasteiger partial charge is 0.438 e. The van der Waals surface area contributed by atoms with Crippen molar-refractivity contribution in [3.8, 4) is 11.6 Å². The molecule has 0 amide bonds. The number of hydrogen-bond acceptors (Lipinski definition) is 3. The lowest BCUT2D eigenvalue weighted by Crippen LogP contribution is -2.05. The van der Waals surface area contributed by atoms with Gasteiger partial charge in [0.05, 0.1) is 0 Å². The fourth-order valence-corrected chi connectivity index (χ4v) is 2.41. The van der Waals surface area contributed by atoms with Crippen LogP contribution in [0.4, 0.5) is 0 Å². The lowest BCUT2D eigenvalue weighted by Gasteiger charge is -2.09. The van der Waals surface area contributed by atoms with E-state index in [1.165, 1.54) is 5.39 Å². The van der Waals surface area contributed by atoms with E-state index in [9.17, 15) is 0 Å². The molecule has 0 atom stereocenters. The predicted octanol–water partition coefficient (Wildman–Crippen LogP) is 4.40. The van der Waals surface area contributed by atoms with Crippen LogP contribution >= 0.6 is 11.6 Å². The summed E-state index contributed by atoms with van der Waals surface area (Å²) < 4.78 is 5.79. The number of aromatic nitrogens is 1. The lowest BCUT2D eigenvalue weighted by molar-refractivity contribution is 0.463. The quantitative estimate of drug-likeness (QED) is 0.775. The minimum absolute atomic E-state index is 0.423. The van der Waals surface area contributed by atoms with Gasteiger partial charge in [-0.15, -0.1) is 0 Å². The second kappa shape index (κ2) is 6.12. The number of fused-ring (bicyclic) bond motifs is 1. The van der Waals surface area contributed by atoms with Crippen molar-refractivity contribution in [1.29, 1.82) is 0 Å². The maximum absolute atomic E-state index is 6.22. The van der Waals surface area contributed by atoms with E-state index < -0.39 is 0 Å². The van der Waals surface area contributed by atoms with Crippen LogP contribution in [0.5, 0.6) is 11.6 Å². The highest BCUT2D eigenvalue weighted by Crippen LogP contribution is 2.29. The Balaban J connectivity index is 1.87. The Kier molecular flexibility index (Phi) is 4.04. The molecule has 0 spiro atoms. The first-order valence-electron chi connectivity index (χ1n) is 6.72. The molecule has 21 heavy (non-hydrogen) atoms. The zero-order chi connectivity index (χ0) is 14.7. The summed E-state index contributed by atoms with van der Waals surface area (Å²) in [5.41, 5.74) is 1.02. The van der Waals surface area contributed by atoms with E-state index in [4.69, 9.17) is 16.3 Å². The van der Waals surface area contributed by atoms with Crippen molar-refractivity contribution >= 4 is 22.4 Å². The van der Waals surface area contributed by atoms with Gasteiger partial charge < -0.3 is 10.1 Å². The van der Waals surface area contributed by atoms with Crippen LogP contribution in [0.3, 0.4) is 0 Å². The van der Waals surface area contributed by atoms with Crippen molar-refractivity contribution in [2.75, 3.05) is 7.05 Å². The number of halogens is 1. The molecule has 0 aliphatic rings. The Morgan fingerprint density at radius 2 is 1.90 bits per heavy atom. The monoisotopic (exact) mass is 298 g/mol. The Morgan fingerprint density at radius 3 is 2.67 bits per heavy atom. The summed E-state index contributed by atoms with van der Waals surface area (Å²) in [4.78, 5) is 4.28. The number of nitrogens with one attached hydrogen (secondary N) is 1. The molecular weight excluding hydrogens is 284 g/mol. The highest BCUT2D eigenvalue weighted by atomic mass is 35.5. The molecule has 1 aromatic heterocycles. The van der Waals surface area contributed by atoms with E-state index in [0.29, 0.717) is 10.9 Å². The summed E-state index contributed by atoms with van der Waals surface area (Å²) in [6.45, 7) is 0.725. The summed E-state index contributed by atoms with van der Waals surface area (Å²) in [6, 6.07) is 15.9. The molecule has 0 bridgehead atoms. The second-order valence-corrected chi connectivity index (χ2v) is 5.18. The van der Waals surface area contributed by atoms with Crippen LogP contribution in [-0.2, 0) is 6.54 Å². The number of ether oxygens (including phenoxy) is 1. The molecule has 0 saturated heterocycles. The third-order valence-corrected chi connectivity index (χ3v) is 3.45. The molecule has 1 N–H and O–H groups in total. The van der Waals surface area contributed by atoms with Gasteiger partial charge in [0.2, 0.25) is 5.88 Å². The first-order valence-corrected chi connectivity index (χ1v) is 7.10. The predicted molar refractivity (Wildman–Crippen MR) is 86.0 cm³/mol. The first kappa shape index (κ1) is 13.9. The Bertz CT molecular complexity index is 774. The minimum atomic E-state index is 0.423. The summed E-state index contributed by atoms with van der Waals surface area (Å²) in [7, 11) is 1.88. The molecule has 4 heteroatoms. The van der Waals surface area contributed by atoms with Gasteiger partial charge in [-0.3, -0.25) is 0 Å². The Labute approximate surface area is 128 Å². The fourth-order valence-electron chi connectivity index (χ4n) is 2.18. The number of pyridine rings is 1. The van der Waals surface area contributed by atoms with Crippen LogP contribution in [0.15, 0.2) is 54.7 Å². The standard InChI is InChI=1S/C17H15ClN2O/c1-19-10-12-8-16(18)17(20-11-12)21-15-7-6-13-4-2-3-5-14(13)9-15/h2-9,11,19H,10H2,1H3. The molecule has 3 aromatic rings. The van der Waals surface area contributed by atoms with Crippen molar-refractivity contribution in [1.82, 2.24) is 10.3 Å². The van der Waals surface area contributed by atoms with Gasteiger partial charge in [0.1, 0.15) is 10.8 Å². The zero-order valence-electron chi connectivity index (χ0n) is 11.6. The maximum atomic E-state index is 6.22. The molecule has 0 aliphatic carbocycles. The number of nitrogens with zero attached hydrogens (tertiary/aromatic N) is 1.